The second kappa shape index (κ2) is 7.38. The first-order valence-electron chi connectivity index (χ1n) is 9.71. The predicted octanol–water partition coefficient (Wildman–Crippen LogP) is 1.66. The van der Waals surface area contributed by atoms with Crippen molar-refractivity contribution in [1.82, 2.24) is 19.8 Å². The SMILES string of the molecule is CC1(C(=O)N2CC[C@@H]3OCCN(C(=O)c4cnccn4)[C@H]3C2)CC=CCC1. The summed E-state index contributed by atoms with van der Waals surface area (Å²) in [6.45, 7) is 4.30. The zero-order valence-electron chi connectivity index (χ0n) is 15.7. The van der Waals surface area contributed by atoms with Crippen LogP contribution in [0.3, 0.4) is 0 Å². The van der Waals surface area contributed by atoms with Crippen molar-refractivity contribution in [2.75, 3.05) is 26.2 Å². The van der Waals surface area contributed by atoms with Crippen LogP contribution in [0, 0.1) is 5.41 Å². The van der Waals surface area contributed by atoms with Gasteiger partial charge in [0.2, 0.25) is 5.91 Å². The molecule has 3 aliphatic rings. The maximum absolute atomic E-state index is 13.2. The number of hydrogen-bond donors (Lipinski definition) is 0. The molecule has 0 saturated carbocycles. The second-order valence-electron chi connectivity index (χ2n) is 7.88. The molecule has 0 spiro atoms. The van der Waals surface area contributed by atoms with Gasteiger partial charge >= 0.3 is 0 Å². The first-order chi connectivity index (χ1) is 13.1. The molecule has 1 aliphatic carbocycles. The second-order valence-corrected chi connectivity index (χ2v) is 7.88. The van der Waals surface area contributed by atoms with Crippen molar-refractivity contribution in [3.8, 4) is 0 Å². The predicted molar refractivity (Wildman–Crippen MR) is 98.9 cm³/mol. The average Bonchev–Trinajstić information content (AvgIpc) is 2.73. The smallest absolute Gasteiger partial charge is 0.274 e. The van der Waals surface area contributed by atoms with Crippen molar-refractivity contribution < 1.29 is 14.3 Å². The Hall–Kier alpha value is -2.28. The van der Waals surface area contributed by atoms with Gasteiger partial charge in [0.1, 0.15) is 5.69 Å². The maximum Gasteiger partial charge on any atom is 0.274 e. The van der Waals surface area contributed by atoms with E-state index in [0.29, 0.717) is 31.9 Å². The number of likely N-dealkylation sites (tertiary alicyclic amines) is 1. The molecule has 27 heavy (non-hydrogen) atoms. The van der Waals surface area contributed by atoms with E-state index in [1.54, 1.807) is 6.20 Å². The molecule has 3 heterocycles. The van der Waals surface area contributed by atoms with E-state index in [4.69, 9.17) is 4.74 Å². The average molecular weight is 370 g/mol. The molecule has 2 aliphatic heterocycles. The van der Waals surface area contributed by atoms with E-state index in [1.165, 1.54) is 12.4 Å². The Labute approximate surface area is 159 Å². The third-order valence-electron chi connectivity index (χ3n) is 6.03. The highest BCUT2D eigenvalue weighted by Gasteiger charge is 2.44. The van der Waals surface area contributed by atoms with Gasteiger partial charge in [0.25, 0.3) is 5.91 Å². The molecule has 0 aromatic carbocycles. The van der Waals surface area contributed by atoms with Crippen molar-refractivity contribution >= 4 is 11.8 Å². The molecule has 4 rings (SSSR count). The number of ether oxygens (including phenoxy) is 1. The molecule has 3 atom stereocenters. The molecule has 0 radical (unpaired) electrons. The van der Waals surface area contributed by atoms with Crippen LogP contribution in [0.5, 0.6) is 0 Å². The van der Waals surface area contributed by atoms with Crippen LogP contribution in [0.4, 0.5) is 0 Å². The summed E-state index contributed by atoms with van der Waals surface area (Å²) >= 11 is 0. The Balaban J connectivity index is 1.51. The summed E-state index contributed by atoms with van der Waals surface area (Å²) in [7, 11) is 0. The van der Waals surface area contributed by atoms with Crippen LogP contribution < -0.4 is 0 Å². The topological polar surface area (TPSA) is 75.6 Å². The van der Waals surface area contributed by atoms with Gasteiger partial charge in [-0.1, -0.05) is 19.1 Å². The number of morpholine rings is 1. The Morgan fingerprint density at radius 1 is 1.26 bits per heavy atom. The Morgan fingerprint density at radius 3 is 2.89 bits per heavy atom. The van der Waals surface area contributed by atoms with E-state index in [9.17, 15) is 9.59 Å². The molecule has 144 valence electrons. The number of rotatable bonds is 2. The molecule has 0 N–H and O–H groups in total. The lowest BCUT2D eigenvalue weighted by Gasteiger charge is -2.48. The number of nitrogens with zero attached hydrogens (tertiary/aromatic N) is 4. The molecular weight excluding hydrogens is 344 g/mol. The third-order valence-corrected chi connectivity index (χ3v) is 6.03. The lowest BCUT2D eigenvalue weighted by Crippen LogP contribution is -2.63. The number of fused-ring (bicyclic) bond motifs is 1. The number of allylic oxidation sites excluding steroid dienone is 2. The molecule has 7 heteroatoms. The number of carbonyl (C=O) groups excluding carboxylic acids is 2. The number of amides is 2. The molecule has 2 saturated heterocycles. The van der Waals surface area contributed by atoms with Crippen LogP contribution >= 0.6 is 0 Å². The van der Waals surface area contributed by atoms with Crippen LogP contribution in [-0.2, 0) is 9.53 Å². The minimum absolute atomic E-state index is 0.0255. The Morgan fingerprint density at radius 2 is 2.15 bits per heavy atom. The standard InChI is InChI=1S/C20H26N4O3/c1-20(6-3-2-4-7-20)19(26)23-10-5-17-16(14-23)24(11-12-27-17)18(25)15-13-21-8-9-22-15/h2-3,8-9,13,16-17H,4-7,10-12,14H2,1H3/t16-,17-,20?/m0/s1. The summed E-state index contributed by atoms with van der Waals surface area (Å²) in [5, 5.41) is 0. The van der Waals surface area contributed by atoms with E-state index in [-0.39, 0.29) is 29.4 Å². The fourth-order valence-electron chi connectivity index (χ4n) is 4.41. The molecule has 0 bridgehead atoms. The highest BCUT2D eigenvalue weighted by Crippen LogP contribution is 2.36. The van der Waals surface area contributed by atoms with Gasteiger partial charge in [0.05, 0.1) is 30.4 Å². The minimum Gasteiger partial charge on any atom is -0.374 e. The molecular formula is C20H26N4O3. The highest BCUT2D eigenvalue weighted by molar-refractivity contribution is 5.92. The molecule has 2 amide bonds. The van der Waals surface area contributed by atoms with Gasteiger partial charge in [-0.25, -0.2) is 4.98 Å². The van der Waals surface area contributed by atoms with Gasteiger partial charge in [-0.3, -0.25) is 14.6 Å². The van der Waals surface area contributed by atoms with Gasteiger partial charge in [-0.2, -0.15) is 0 Å². The zero-order valence-corrected chi connectivity index (χ0v) is 15.7. The van der Waals surface area contributed by atoms with Crippen molar-refractivity contribution in [3.05, 3.63) is 36.4 Å². The van der Waals surface area contributed by atoms with Crippen molar-refractivity contribution in [1.29, 1.82) is 0 Å². The normalized spacial score (nSPS) is 30.7. The third kappa shape index (κ3) is 3.48. The van der Waals surface area contributed by atoms with Gasteiger partial charge in [0.15, 0.2) is 0 Å². The molecule has 1 aromatic rings. The molecule has 2 fully saturated rings. The van der Waals surface area contributed by atoms with Gasteiger partial charge in [-0.05, 0) is 25.7 Å². The maximum atomic E-state index is 13.2. The Bertz CT molecular complexity index is 738. The largest absolute Gasteiger partial charge is 0.374 e. The molecule has 1 unspecified atom stereocenters. The summed E-state index contributed by atoms with van der Waals surface area (Å²) < 4.78 is 5.92. The first-order valence-corrected chi connectivity index (χ1v) is 9.71. The van der Waals surface area contributed by atoms with E-state index in [2.05, 4.69) is 29.0 Å². The lowest BCUT2D eigenvalue weighted by molar-refractivity contribution is -0.150. The van der Waals surface area contributed by atoms with E-state index < -0.39 is 0 Å². The first kappa shape index (κ1) is 18.1. The summed E-state index contributed by atoms with van der Waals surface area (Å²) in [5.74, 6) is 0.0604. The van der Waals surface area contributed by atoms with E-state index >= 15 is 0 Å². The van der Waals surface area contributed by atoms with Gasteiger partial charge in [0, 0.05) is 32.0 Å². The van der Waals surface area contributed by atoms with E-state index in [1.807, 2.05) is 9.80 Å². The zero-order chi connectivity index (χ0) is 18.9. The van der Waals surface area contributed by atoms with Crippen molar-refractivity contribution in [2.45, 2.75) is 44.8 Å². The van der Waals surface area contributed by atoms with Crippen LogP contribution in [-0.4, -0.2) is 70.0 Å². The fraction of sp³-hybridized carbons (Fsp3) is 0.600. The quantitative estimate of drug-likeness (QED) is 0.740. The fourth-order valence-corrected chi connectivity index (χ4v) is 4.41. The number of carbonyl (C=O) groups is 2. The Kier molecular flexibility index (Phi) is 4.95. The summed E-state index contributed by atoms with van der Waals surface area (Å²) in [5.41, 5.74) is 0.00242. The minimum atomic E-state index is -0.336. The lowest BCUT2D eigenvalue weighted by atomic mass is 9.77. The highest BCUT2D eigenvalue weighted by atomic mass is 16.5. The molecule has 7 nitrogen and oxygen atoms in total. The van der Waals surface area contributed by atoms with Crippen molar-refractivity contribution in [3.63, 3.8) is 0 Å². The van der Waals surface area contributed by atoms with Crippen LogP contribution in [0.2, 0.25) is 0 Å². The van der Waals surface area contributed by atoms with Crippen molar-refractivity contribution in [2.24, 2.45) is 5.41 Å². The van der Waals surface area contributed by atoms with Gasteiger partial charge < -0.3 is 14.5 Å². The van der Waals surface area contributed by atoms with Crippen LogP contribution in [0.25, 0.3) is 0 Å². The number of hydrogen-bond acceptors (Lipinski definition) is 5. The monoisotopic (exact) mass is 370 g/mol. The summed E-state index contributed by atoms with van der Waals surface area (Å²) in [4.78, 5) is 38.1. The van der Waals surface area contributed by atoms with Gasteiger partial charge in [-0.15, -0.1) is 0 Å². The summed E-state index contributed by atoms with van der Waals surface area (Å²) in [6.07, 6.45) is 12.2. The van der Waals surface area contributed by atoms with E-state index in [0.717, 1.165) is 25.7 Å². The summed E-state index contributed by atoms with van der Waals surface area (Å²) in [6, 6.07) is -0.131. The molecule has 1 aromatic heterocycles. The number of aromatic nitrogens is 2. The van der Waals surface area contributed by atoms with Crippen LogP contribution in [0.15, 0.2) is 30.7 Å². The van der Waals surface area contributed by atoms with Crippen LogP contribution in [0.1, 0.15) is 43.1 Å². The number of piperidine rings is 1.